The molecule has 0 bridgehead atoms. The highest BCUT2D eigenvalue weighted by molar-refractivity contribution is 6.00. The van der Waals surface area contributed by atoms with Gasteiger partial charge in [-0.15, -0.1) is 0 Å². The Balaban J connectivity index is 1.79. The van der Waals surface area contributed by atoms with Gasteiger partial charge in [0.15, 0.2) is 0 Å². The van der Waals surface area contributed by atoms with E-state index in [4.69, 9.17) is 4.74 Å². The van der Waals surface area contributed by atoms with E-state index in [9.17, 15) is 9.90 Å². The van der Waals surface area contributed by atoms with E-state index in [1.54, 1.807) is 0 Å². The van der Waals surface area contributed by atoms with Crippen LogP contribution in [0.1, 0.15) is 22.8 Å². The van der Waals surface area contributed by atoms with Crippen LogP contribution in [0.2, 0.25) is 0 Å². The molecule has 1 atom stereocenters. The van der Waals surface area contributed by atoms with Gasteiger partial charge in [0.2, 0.25) is 5.91 Å². The molecule has 2 N–H and O–H groups in total. The Morgan fingerprint density at radius 1 is 1.29 bits per heavy atom. The molecule has 108 valence electrons. The minimum absolute atomic E-state index is 0.0342. The number of carbonyl (C=O) groups excluding carboxylic acids is 1. The number of aliphatic hydroxyl groups excluding tert-OH is 1. The Labute approximate surface area is 123 Å². The molecule has 0 radical (unpaired) electrons. The molecular weight excluding hydrogens is 266 g/mol. The minimum Gasteiger partial charge on any atom is -0.491 e. The highest BCUT2D eigenvalue weighted by atomic mass is 16.5. The van der Waals surface area contributed by atoms with Crippen LogP contribution < -0.4 is 10.1 Å². The number of hydrogen-bond acceptors (Lipinski definition) is 3. The van der Waals surface area contributed by atoms with Gasteiger partial charge in [0, 0.05) is 5.56 Å². The number of anilines is 1. The number of aliphatic hydroxyl groups is 1. The summed E-state index contributed by atoms with van der Waals surface area (Å²) in [5.41, 5.74) is 3.41. The average molecular weight is 283 g/mol. The summed E-state index contributed by atoms with van der Waals surface area (Å²) in [6.07, 6.45) is -0.409. The van der Waals surface area contributed by atoms with Crippen molar-refractivity contribution < 1.29 is 14.6 Å². The molecule has 0 aromatic heterocycles. The predicted molar refractivity (Wildman–Crippen MR) is 80.4 cm³/mol. The normalized spacial score (nSPS) is 14.5. The second-order valence-corrected chi connectivity index (χ2v) is 5.25. The standard InChI is InChI=1S/C17H17NO3/c1-11-7-12-9-16(20)18-17(12)14(8-11)15(19)10-21-13-5-3-2-4-6-13/h2-8,15,19H,9-10H2,1H3,(H,18,20). The summed E-state index contributed by atoms with van der Waals surface area (Å²) < 4.78 is 5.59. The first-order valence-corrected chi connectivity index (χ1v) is 6.92. The van der Waals surface area contributed by atoms with Gasteiger partial charge in [-0.05, 0) is 24.6 Å². The van der Waals surface area contributed by atoms with Crippen molar-refractivity contribution >= 4 is 11.6 Å². The molecule has 1 amide bonds. The molecule has 2 aromatic rings. The number of benzene rings is 2. The van der Waals surface area contributed by atoms with E-state index in [-0.39, 0.29) is 12.5 Å². The van der Waals surface area contributed by atoms with Crippen LogP contribution in [0.3, 0.4) is 0 Å². The van der Waals surface area contributed by atoms with Crippen molar-refractivity contribution in [1.82, 2.24) is 0 Å². The lowest BCUT2D eigenvalue weighted by atomic mass is 10.00. The molecule has 1 heterocycles. The second kappa shape index (κ2) is 5.58. The van der Waals surface area contributed by atoms with Gasteiger partial charge in [0.05, 0.1) is 12.1 Å². The molecular formula is C17H17NO3. The number of carbonyl (C=O) groups is 1. The molecule has 0 aliphatic carbocycles. The summed E-state index contributed by atoms with van der Waals surface area (Å²) >= 11 is 0. The molecule has 2 aromatic carbocycles. The highest BCUT2D eigenvalue weighted by Crippen LogP contribution is 2.33. The number of para-hydroxylation sites is 1. The van der Waals surface area contributed by atoms with Crippen molar-refractivity contribution in [1.29, 1.82) is 0 Å². The average Bonchev–Trinajstić information content (AvgIpc) is 2.85. The van der Waals surface area contributed by atoms with Gasteiger partial charge < -0.3 is 15.2 Å². The Bertz CT molecular complexity index is 667. The SMILES string of the molecule is Cc1cc2c(c(C(O)COc3ccccc3)c1)NC(=O)C2. The first-order chi connectivity index (χ1) is 10.1. The van der Waals surface area contributed by atoms with Gasteiger partial charge in [-0.2, -0.15) is 0 Å². The van der Waals surface area contributed by atoms with Crippen molar-refractivity contribution in [3.05, 3.63) is 59.2 Å². The first-order valence-electron chi connectivity index (χ1n) is 6.92. The topological polar surface area (TPSA) is 58.6 Å². The fourth-order valence-electron chi connectivity index (χ4n) is 2.58. The summed E-state index contributed by atoms with van der Waals surface area (Å²) in [7, 11) is 0. The van der Waals surface area contributed by atoms with E-state index in [2.05, 4.69) is 5.32 Å². The quantitative estimate of drug-likeness (QED) is 0.906. The molecule has 3 rings (SSSR count). The number of hydrogen-bond donors (Lipinski definition) is 2. The van der Waals surface area contributed by atoms with Crippen LogP contribution in [0.5, 0.6) is 5.75 Å². The maximum Gasteiger partial charge on any atom is 0.228 e. The van der Waals surface area contributed by atoms with Crippen LogP contribution in [-0.2, 0) is 11.2 Å². The van der Waals surface area contributed by atoms with Gasteiger partial charge in [-0.3, -0.25) is 4.79 Å². The molecule has 21 heavy (non-hydrogen) atoms. The van der Waals surface area contributed by atoms with Crippen LogP contribution in [0.15, 0.2) is 42.5 Å². The van der Waals surface area contributed by atoms with Gasteiger partial charge in [0.1, 0.15) is 18.5 Å². The van der Waals surface area contributed by atoms with Crippen molar-refractivity contribution in [3.63, 3.8) is 0 Å². The van der Waals surface area contributed by atoms with Crippen LogP contribution in [0, 0.1) is 6.92 Å². The van der Waals surface area contributed by atoms with Crippen LogP contribution in [0.4, 0.5) is 5.69 Å². The number of fused-ring (bicyclic) bond motifs is 1. The number of ether oxygens (including phenoxy) is 1. The van der Waals surface area contributed by atoms with E-state index >= 15 is 0 Å². The van der Waals surface area contributed by atoms with E-state index in [0.717, 1.165) is 16.8 Å². The Kier molecular flexibility index (Phi) is 3.62. The maximum absolute atomic E-state index is 11.5. The lowest BCUT2D eigenvalue weighted by Crippen LogP contribution is -2.12. The van der Waals surface area contributed by atoms with Gasteiger partial charge >= 0.3 is 0 Å². The fraction of sp³-hybridized carbons (Fsp3) is 0.235. The monoisotopic (exact) mass is 283 g/mol. The first kappa shape index (κ1) is 13.6. The molecule has 4 heteroatoms. The zero-order chi connectivity index (χ0) is 14.8. The molecule has 0 saturated carbocycles. The highest BCUT2D eigenvalue weighted by Gasteiger charge is 2.24. The number of aryl methyl sites for hydroxylation is 1. The second-order valence-electron chi connectivity index (χ2n) is 5.25. The molecule has 4 nitrogen and oxygen atoms in total. The smallest absolute Gasteiger partial charge is 0.228 e. The van der Waals surface area contributed by atoms with Gasteiger partial charge in [-0.25, -0.2) is 0 Å². The number of rotatable bonds is 4. The Morgan fingerprint density at radius 2 is 2.05 bits per heavy atom. The van der Waals surface area contributed by atoms with Crippen LogP contribution in [-0.4, -0.2) is 17.6 Å². The predicted octanol–water partition coefficient (Wildman–Crippen LogP) is 2.60. The van der Waals surface area contributed by atoms with E-state index < -0.39 is 6.10 Å². The van der Waals surface area contributed by atoms with Crippen molar-refractivity contribution in [2.24, 2.45) is 0 Å². The van der Waals surface area contributed by atoms with E-state index in [1.165, 1.54) is 0 Å². The van der Waals surface area contributed by atoms with Crippen molar-refractivity contribution in [2.45, 2.75) is 19.4 Å². The van der Waals surface area contributed by atoms with Crippen LogP contribution in [0.25, 0.3) is 0 Å². The van der Waals surface area contributed by atoms with Gasteiger partial charge in [-0.1, -0.05) is 35.9 Å². The van der Waals surface area contributed by atoms with E-state index in [1.807, 2.05) is 49.4 Å². The van der Waals surface area contributed by atoms with Crippen molar-refractivity contribution in [2.75, 3.05) is 11.9 Å². The summed E-state index contributed by atoms with van der Waals surface area (Å²) in [6.45, 7) is 2.10. The van der Waals surface area contributed by atoms with Crippen molar-refractivity contribution in [3.8, 4) is 5.75 Å². The third-order valence-corrected chi connectivity index (χ3v) is 3.52. The van der Waals surface area contributed by atoms with Crippen LogP contribution >= 0.6 is 0 Å². The maximum atomic E-state index is 11.5. The Hall–Kier alpha value is -2.33. The molecule has 1 aliphatic rings. The largest absolute Gasteiger partial charge is 0.491 e. The molecule has 0 fully saturated rings. The lowest BCUT2D eigenvalue weighted by Gasteiger charge is -2.16. The van der Waals surface area contributed by atoms with Gasteiger partial charge in [0.25, 0.3) is 0 Å². The zero-order valence-electron chi connectivity index (χ0n) is 11.8. The third kappa shape index (κ3) is 2.90. The molecule has 1 aliphatic heterocycles. The molecule has 0 spiro atoms. The van der Waals surface area contributed by atoms with E-state index in [0.29, 0.717) is 17.7 Å². The minimum atomic E-state index is -0.780. The molecule has 1 unspecified atom stereocenters. The Morgan fingerprint density at radius 3 is 2.81 bits per heavy atom. The molecule has 0 saturated heterocycles. The third-order valence-electron chi connectivity index (χ3n) is 3.52. The zero-order valence-corrected chi connectivity index (χ0v) is 11.8. The summed E-state index contributed by atoms with van der Waals surface area (Å²) in [5, 5.41) is 13.2. The fourth-order valence-corrected chi connectivity index (χ4v) is 2.58. The summed E-state index contributed by atoms with van der Waals surface area (Å²) in [5.74, 6) is 0.679. The summed E-state index contributed by atoms with van der Waals surface area (Å²) in [6, 6.07) is 13.2. The summed E-state index contributed by atoms with van der Waals surface area (Å²) in [4.78, 5) is 11.5. The number of nitrogens with one attached hydrogen (secondary N) is 1. The lowest BCUT2D eigenvalue weighted by molar-refractivity contribution is -0.115. The number of amides is 1.